The fourth-order valence-electron chi connectivity index (χ4n) is 1.39. The number of carbonyl (C=O) groups is 1. The van der Waals surface area contributed by atoms with Gasteiger partial charge in [0.2, 0.25) is 0 Å². The minimum absolute atomic E-state index is 0.132. The van der Waals surface area contributed by atoms with Crippen molar-refractivity contribution in [2.45, 2.75) is 0 Å². The summed E-state index contributed by atoms with van der Waals surface area (Å²) in [4.78, 5) is 11.3. The number of benzene rings is 1. The Labute approximate surface area is 86.8 Å². The topological polar surface area (TPSA) is 51.5 Å². The predicted octanol–water partition coefficient (Wildman–Crippen LogP) is 1.80. The van der Waals surface area contributed by atoms with Crippen LogP contribution >= 0.6 is 0 Å². The van der Waals surface area contributed by atoms with E-state index in [0.717, 1.165) is 5.39 Å². The monoisotopic (exact) mass is 205 g/mol. The molecule has 4 heteroatoms. The molecule has 0 aliphatic carbocycles. The van der Waals surface area contributed by atoms with Gasteiger partial charge in [0, 0.05) is 24.1 Å². The smallest absolute Gasteiger partial charge is 0.285 e. The van der Waals surface area contributed by atoms with Gasteiger partial charge in [-0.15, -0.1) is 0 Å². The SMILES string of the molecule is CNC(=O)c1ccc2cc(OC)oc2c1. The molecule has 1 aromatic heterocycles. The Bertz CT molecular complexity index is 502. The molecule has 78 valence electrons. The molecule has 0 aliphatic heterocycles. The molecular formula is C11H11NO3. The number of nitrogens with one attached hydrogen (secondary N) is 1. The van der Waals surface area contributed by atoms with Gasteiger partial charge in [-0.25, -0.2) is 0 Å². The number of carbonyl (C=O) groups excluding carboxylic acids is 1. The number of methoxy groups -OCH3 is 1. The van der Waals surface area contributed by atoms with Crippen molar-refractivity contribution in [2.24, 2.45) is 0 Å². The summed E-state index contributed by atoms with van der Waals surface area (Å²) in [5.74, 6) is 0.311. The predicted molar refractivity (Wildman–Crippen MR) is 56.2 cm³/mol. The Morgan fingerprint density at radius 3 is 2.87 bits per heavy atom. The van der Waals surface area contributed by atoms with Crippen molar-refractivity contribution in [3.63, 3.8) is 0 Å². The zero-order valence-electron chi connectivity index (χ0n) is 8.53. The Kier molecular flexibility index (Phi) is 2.33. The highest BCUT2D eigenvalue weighted by molar-refractivity contribution is 5.97. The summed E-state index contributed by atoms with van der Waals surface area (Å²) < 4.78 is 10.3. The second-order valence-corrected chi connectivity index (χ2v) is 3.10. The van der Waals surface area contributed by atoms with E-state index in [9.17, 15) is 4.79 Å². The number of ether oxygens (including phenoxy) is 1. The molecule has 1 aromatic carbocycles. The van der Waals surface area contributed by atoms with Crippen molar-refractivity contribution >= 4 is 16.9 Å². The van der Waals surface area contributed by atoms with Gasteiger partial charge in [-0.3, -0.25) is 4.79 Å². The first-order valence-corrected chi connectivity index (χ1v) is 4.54. The van der Waals surface area contributed by atoms with E-state index >= 15 is 0 Å². The van der Waals surface area contributed by atoms with Crippen molar-refractivity contribution in [3.8, 4) is 5.95 Å². The molecule has 1 amide bonds. The van der Waals surface area contributed by atoms with Crippen LogP contribution in [0.3, 0.4) is 0 Å². The van der Waals surface area contributed by atoms with Crippen LogP contribution in [0.1, 0.15) is 10.4 Å². The molecule has 0 saturated carbocycles. The Morgan fingerprint density at radius 1 is 1.40 bits per heavy atom. The van der Waals surface area contributed by atoms with Gasteiger partial charge in [0.15, 0.2) is 0 Å². The highest BCUT2D eigenvalue weighted by Gasteiger charge is 2.07. The van der Waals surface area contributed by atoms with Gasteiger partial charge in [0.1, 0.15) is 5.58 Å². The summed E-state index contributed by atoms with van der Waals surface area (Å²) in [5, 5.41) is 3.47. The summed E-state index contributed by atoms with van der Waals surface area (Å²) in [6.45, 7) is 0. The van der Waals surface area contributed by atoms with Crippen LogP contribution in [0, 0.1) is 0 Å². The van der Waals surface area contributed by atoms with Crippen LogP contribution in [0.2, 0.25) is 0 Å². The Morgan fingerprint density at radius 2 is 2.20 bits per heavy atom. The molecular weight excluding hydrogens is 194 g/mol. The lowest BCUT2D eigenvalue weighted by atomic mass is 10.1. The quantitative estimate of drug-likeness (QED) is 0.813. The van der Waals surface area contributed by atoms with E-state index in [4.69, 9.17) is 9.15 Å². The fourth-order valence-corrected chi connectivity index (χ4v) is 1.39. The number of hydrogen-bond donors (Lipinski definition) is 1. The molecule has 1 N–H and O–H groups in total. The van der Waals surface area contributed by atoms with E-state index in [1.807, 2.05) is 6.07 Å². The first-order chi connectivity index (χ1) is 7.24. The molecule has 0 aliphatic rings. The van der Waals surface area contributed by atoms with E-state index in [-0.39, 0.29) is 5.91 Å². The van der Waals surface area contributed by atoms with Crippen LogP contribution in [0.4, 0.5) is 0 Å². The van der Waals surface area contributed by atoms with Gasteiger partial charge in [-0.1, -0.05) is 6.07 Å². The normalized spacial score (nSPS) is 10.3. The minimum Gasteiger partial charge on any atom is -0.468 e. The molecule has 4 nitrogen and oxygen atoms in total. The van der Waals surface area contributed by atoms with E-state index in [1.165, 1.54) is 7.11 Å². The summed E-state index contributed by atoms with van der Waals surface area (Å²) in [7, 11) is 3.13. The van der Waals surface area contributed by atoms with Crippen molar-refractivity contribution < 1.29 is 13.9 Å². The van der Waals surface area contributed by atoms with Crippen LogP contribution < -0.4 is 10.1 Å². The maximum atomic E-state index is 11.3. The minimum atomic E-state index is -0.132. The van der Waals surface area contributed by atoms with Gasteiger partial charge < -0.3 is 14.5 Å². The third kappa shape index (κ3) is 1.66. The van der Waals surface area contributed by atoms with Crippen molar-refractivity contribution in [2.75, 3.05) is 14.2 Å². The molecule has 0 saturated heterocycles. The van der Waals surface area contributed by atoms with Gasteiger partial charge in [0.05, 0.1) is 7.11 Å². The summed E-state index contributed by atoms with van der Waals surface area (Å²) in [6, 6.07) is 7.04. The molecule has 1 heterocycles. The van der Waals surface area contributed by atoms with Crippen LogP contribution in [-0.2, 0) is 0 Å². The van der Waals surface area contributed by atoms with E-state index < -0.39 is 0 Å². The zero-order valence-corrected chi connectivity index (χ0v) is 8.53. The van der Waals surface area contributed by atoms with Crippen LogP contribution in [0.5, 0.6) is 5.95 Å². The molecule has 0 spiro atoms. The lowest BCUT2D eigenvalue weighted by Crippen LogP contribution is -2.17. The van der Waals surface area contributed by atoms with E-state index in [0.29, 0.717) is 17.1 Å². The number of hydrogen-bond acceptors (Lipinski definition) is 3. The maximum Gasteiger partial charge on any atom is 0.285 e. The number of furan rings is 1. The highest BCUT2D eigenvalue weighted by atomic mass is 16.6. The van der Waals surface area contributed by atoms with E-state index in [2.05, 4.69) is 5.32 Å². The van der Waals surface area contributed by atoms with Crippen molar-refractivity contribution in [1.29, 1.82) is 0 Å². The third-order valence-electron chi connectivity index (χ3n) is 2.19. The highest BCUT2D eigenvalue weighted by Crippen LogP contribution is 2.25. The van der Waals surface area contributed by atoms with Crippen LogP contribution in [-0.4, -0.2) is 20.1 Å². The number of fused-ring (bicyclic) bond motifs is 1. The molecule has 0 radical (unpaired) electrons. The van der Waals surface area contributed by atoms with Crippen LogP contribution in [0.25, 0.3) is 11.0 Å². The molecule has 2 rings (SSSR count). The first-order valence-electron chi connectivity index (χ1n) is 4.54. The largest absolute Gasteiger partial charge is 0.468 e. The lowest BCUT2D eigenvalue weighted by molar-refractivity contribution is 0.0963. The average Bonchev–Trinajstić information content (AvgIpc) is 2.69. The standard InChI is InChI=1S/C11H11NO3/c1-12-11(13)8-4-3-7-6-10(14-2)15-9(7)5-8/h3-6H,1-2H3,(H,12,13). The molecule has 0 bridgehead atoms. The maximum absolute atomic E-state index is 11.3. The van der Waals surface area contributed by atoms with Crippen molar-refractivity contribution in [3.05, 3.63) is 29.8 Å². The second kappa shape index (κ2) is 3.65. The average molecular weight is 205 g/mol. The van der Waals surface area contributed by atoms with Gasteiger partial charge in [-0.05, 0) is 12.1 Å². The summed E-state index contributed by atoms with van der Waals surface area (Å²) >= 11 is 0. The zero-order chi connectivity index (χ0) is 10.8. The number of amides is 1. The van der Waals surface area contributed by atoms with Gasteiger partial charge >= 0.3 is 0 Å². The number of rotatable bonds is 2. The lowest BCUT2D eigenvalue weighted by Gasteiger charge is -1.97. The fraction of sp³-hybridized carbons (Fsp3) is 0.182. The summed E-state index contributed by atoms with van der Waals surface area (Å²) in [5.41, 5.74) is 1.22. The van der Waals surface area contributed by atoms with Crippen LogP contribution in [0.15, 0.2) is 28.7 Å². The van der Waals surface area contributed by atoms with Crippen molar-refractivity contribution in [1.82, 2.24) is 5.32 Å². The Balaban J connectivity index is 2.50. The van der Waals surface area contributed by atoms with Gasteiger partial charge in [-0.2, -0.15) is 0 Å². The molecule has 2 aromatic rings. The Hall–Kier alpha value is -1.97. The van der Waals surface area contributed by atoms with Gasteiger partial charge in [0.25, 0.3) is 11.9 Å². The third-order valence-corrected chi connectivity index (χ3v) is 2.19. The molecule has 15 heavy (non-hydrogen) atoms. The first kappa shape index (κ1) is 9.58. The molecule has 0 unspecified atom stereocenters. The second-order valence-electron chi connectivity index (χ2n) is 3.10. The van der Waals surface area contributed by atoms with E-state index in [1.54, 1.807) is 25.2 Å². The summed E-state index contributed by atoms with van der Waals surface area (Å²) in [6.07, 6.45) is 0. The molecule has 0 atom stereocenters. The molecule has 0 fully saturated rings.